The molecule has 5 aromatic rings. The molecule has 2 aromatic heterocycles. The molecule has 0 aliphatic carbocycles. The van der Waals surface area contributed by atoms with Crippen molar-refractivity contribution in [3.63, 3.8) is 0 Å². The minimum absolute atomic E-state index is 0.295. The van der Waals surface area contributed by atoms with Crippen molar-refractivity contribution in [3.05, 3.63) is 84.8 Å². The fourth-order valence-corrected chi connectivity index (χ4v) is 4.43. The number of nitrogens with zero attached hydrogens (tertiary/aromatic N) is 5. The molecular formula is C26H25FN8O2S. The van der Waals surface area contributed by atoms with Gasteiger partial charge in [-0.3, -0.25) is 4.72 Å². The SMILES string of the molecule is CN(c1ccc2c(c1)nc(Nc1ccc(F)cc1)n2C)c1ccnc(Nc2ccc(NS(C)(=O)=O)cc2)n1. The van der Waals surface area contributed by atoms with E-state index in [9.17, 15) is 12.8 Å². The average molecular weight is 533 g/mol. The van der Waals surface area contributed by atoms with Crippen LogP contribution in [-0.4, -0.2) is 41.2 Å². The molecule has 2 heterocycles. The van der Waals surface area contributed by atoms with E-state index in [4.69, 9.17) is 4.98 Å². The Hall–Kier alpha value is -4.71. The molecule has 0 bridgehead atoms. The van der Waals surface area contributed by atoms with Crippen LogP contribution in [0.3, 0.4) is 0 Å². The molecule has 3 N–H and O–H groups in total. The lowest BCUT2D eigenvalue weighted by atomic mass is 10.2. The van der Waals surface area contributed by atoms with E-state index < -0.39 is 10.0 Å². The largest absolute Gasteiger partial charge is 0.329 e. The van der Waals surface area contributed by atoms with Gasteiger partial charge < -0.3 is 20.1 Å². The van der Waals surface area contributed by atoms with Crippen molar-refractivity contribution >= 4 is 61.5 Å². The highest BCUT2D eigenvalue weighted by molar-refractivity contribution is 7.92. The lowest BCUT2D eigenvalue weighted by molar-refractivity contribution is 0.607. The first-order valence-electron chi connectivity index (χ1n) is 11.6. The topological polar surface area (TPSA) is 117 Å². The second-order valence-electron chi connectivity index (χ2n) is 8.67. The number of aryl methyl sites for hydroxylation is 1. The third-order valence-corrected chi connectivity index (χ3v) is 6.39. The number of sulfonamides is 1. The zero-order valence-corrected chi connectivity index (χ0v) is 21.7. The van der Waals surface area contributed by atoms with Gasteiger partial charge >= 0.3 is 0 Å². The number of halogens is 1. The van der Waals surface area contributed by atoms with Gasteiger partial charge in [-0.1, -0.05) is 0 Å². The molecule has 0 aliphatic heterocycles. The molecule has 0 saturated heterocycles. The van der Waals surface area contributed by atoms with Crippen LogP contribution in [0.2, 0.25) is 0 Å². The van der Waals surface area contributed by atoms with E-state index in [2.05, 4.69) is 25.3 Å². The molecule has 0 radical (unpaired) electrons. The van der Waals surface area contributed by atoms with E-state index in [0.717, 1.165) is 28.7 Å². The van der Waals surface area contributed by atoms with Gasteiger partial charge in [0.1, 0.15) is 11.6 Å². The summed E-state index contributed by atoms with van der Waals surface area (Å²) in [5.41, 5.74) is 4.52. The van der Waals surface area contributed by atoms with Crippen LogP contribution in [0.1, 0.15) is 0 Å². The summed E-state index contributed by atoms with van der Waals surface area (Å²) in [5, 5.41) is 6.36. The van der Waals surface area contributed by atoms with Crippen LogP contribution >= 0.6 is 0 Å². The van der Waals surface area contributed by atoms with Crippen molar-refractivity contribution in [3.8, 4) is 0 Å². The molecule has 0 amide bonds. The van der Waals surface area contributed by atoms with E-state index in [-0.39, 0.29) is 5.82 Å². The number of imidazole rings is 1. The van der Waals surface area contributed by atoms with Gasteiger partial charge in [0.05, 0.1) is 17.3 Å². The van der Waals surface area contributed by atoms with Gasteiger partial charge in [-0.05, 0) is 72.8 Å². The molecule has 38 heavy (non-hydrogen) atoms. The molecule has 194 valence electrons. The highest BCUT2D eigenvalue weighted by Crippen LogP contribution is 2.29. The first-order chi connectivity index (χ1) is 18.1. The molecule has 5 rings (SSSR count). The van der Waals surface area contributed by atoms with Crippen LogP contribution < -0.4 is 20.3 Å². The van der Waals surface area contributed by atoms with Crippen molar-refractivity contribution in [1.29, 1.82) is 0 Å². The Morgan fingerprint density at radius 3 is 2.24 bits per heavy atom. The molecule has 0 unspecified atom stereocenters. The number of nitrogens with one attached hydrogen (secondary N) is 3. The van der Waals surface area contributed by atoms with Crippen LogP contribution in [0.5, 0.6) is 0 Å². The van der Waals surface area contributed by atoms with Gasteiger partial charge in [-0.25, -0.2) is 22.8 Å². The summed E-state index contributed by atoms with van der Waals surface area (Å²) in [6, 6.07) is 20.6. The van der Waals surface area contributed by atoms with Crippen molar-refractivity contribution in [2.75, 3.05) is 33.6 Å². The summed E-state index contributed by atoms with van der Waals surface area (Å²) >= 11 is 0. The second-order valence-corrected chi connectivity index (χ2v) is 10.4. The summed E-state index contributed by atoms with van der Waals surface area (Å²) in [6.07, 6.45) is 2.76. The van der Waals surface area contributed by atoms with E-state index >= 15 is 0 Å². The fourth-order valence-electron chi connectivity index (χ4n) is 3.86. The Morgan fingerprint density at radius 1 is 0.868 bits per heavy atom. The van der Waals surface area contributed by atoms with Crippen molar-refractivity contribution in [2.45, 2.75) is 0 Å². The zero-order chi connectivity index (χ0) is 26.9. The fraction of sp³-hybridized carbons (Fsp3) is 0.115. The highest BCUT2D eigenvalue weighted by Gasteiger charge is 2.13. The first kappa shape index (κ1) is 25.0. The van der Waals surface area contributed by atoms with Crippen LogP contribution in [0.4, 0.5) is 44.9 Å². The van der Waals surface area contributed by atoms with Crippen LogP contribution in [0.15, 0.2) is 79.0 Å². The lowest BCUT2D eigenvalue weighted by Gasteiger charge is -2.19. The number of hydrogen-bond acceptors (Lipinski definition) is 8. The molecule has 0 fully saturated rings. The maximum absolute atomic E-state index is 13.2. The van der Waals surface area contributed by atoms with Crippen LogP contribution in [0, 0.1) is 5.82 Å². The standard InChI is InChI=1S/C26H25FN8O2S/c1-34(24-14-15-28-25(32-24)29-18-8-10-20(11-9-18)33-38(3,36)37)21-12-13-23-22(16-21)31-26(35(23)2)30-19-6-4-17(27)5-7-19/h4-16,33H,1-3H3,(H,30,31)(H,28,29,32). The van der Waals surface area contributed by atoms with Gasteiger partial charge in [0.25, 0.3) is 0 Å². The quantitative estimate of drug-likeness (QED) is 0.252. The number of aromatic nitrogens is 4. The molecule has 0 saturated carbocycles. The molecule has 12 heteroatoms. The number of benzene rings is 3. The summed E-state index contributed by atoms with van der Waals surface area (Å²) in [5.74, 6) is 1.40. The monoisotopic (exact) mass is 532 g/mol. The van der Waals surface area contributed by atoms with Crippen molar-refractivity contribution < 1.29 is 12.8 Å². The smallest absolute Gasteiger partial charge is 0.229 e. The Labute approximate surface area is 219 Å². The molecule has 0 atom stereocenters. The average Bonchev–Trinajstić information content (AvgIpc) is 3.19. The normalized spacial score (nSPS) is 11.4. The van der Waals surface area contributed by atoms with Gasteiger partial charge in [0.2, 0.25) is 21.9 Å². The second kappa shape index (κ2) is 9.98. The summed E-state index contributed by atoms with van der Waals surface area (Å²) in [4.78, 5) is 15.5. The van der Waals surface area contributed by atoms with Crippen molar-refractivity contribution in [2.24, 2.45) is 7.05 Å². The van der Waals surface area contributed by atoms with Gasteiger partial charge in [0.15, 0.2) is 0 Å². The number of fused-ring (bicyclic) bond motifs is 1. The maximum Gasteiger partial charge on any atom is 0.229 e. The minimum atomic E-state index is -3.34. The number of rotatable bonds is 8. The van der Waals surface area contributed by atoms with E-state index in [1.54, 1.807) is 48.7 Å². The Morgan fingerprint density at radius 2 is 1.53 bits per heavy atom. The van der Waals surface area contributed by atoms with E-state index in [0.29, 0.717) is 29.1 Å². The summed E-state index contributed by atoms with van der Waals surface area (Å²) in [6.45, 7) is 0. The summed E-state index contributed by atoms with van der Waals surface area (Å²) in [7, 11) is 0.472. The molecule has 3 aromatic carbocycles. The zero-order valence-electron chi connectivity index (χ0n) is 20.8. The number of anilines is 7. The minimum Gasteiger partial charge on any atom is -0.329 e. The predicted octanol–water partition coefficient (Wildman–Crippen LogP) is 5.13. The third-order valence-electron chi connectivity index (χ3n) is 5.78. The Balaban J connectivity index is 1.34. The molecule has 10 nitrogen and oxygen atoms in total. The lowest BCUT2D eigenvalue weighted by Crippen LogP contribution is -2.12. The van der Waals surface area contributed by atoms with Gasteiger partial charge in [0, 0.05) is 43.0 Å². The Bertz CT molecular complexity index is 1700. The molecule has 0 spiro atoms. The number of hydrogen-bond donors (Lipinski definition) is 3. The van der Waals surface area contributed by atoms with Gasteiger partial charge in [-0.2, -0.15) is 4.98 Å². The molecule has 0 aliphatic rings. The van der Waals surface area contributed by atoms with Crippen LogP contribution in [0.25, 0.3) is 11.0 Å². The van der Waals surface area contributed by atoms with E-state index in [1.165, 1.54) is 12.1 Å². The first-order valence-corrected chi connectivity index (χ1v) is 13.4. The summed E-state index contributed by atoms with van der Waals surface area (Å²) < 4.78 is 40.4. The van der Waals surface area contributed by atoms with Gasteiger partial charge in [-0.15, -0.1) is 0 Å². The van der Waals surface area contributed by atoms with Crippen LogP contribution in [-0.2, 0) is 17.1 Å². The highest BCUT2D eigenvalue weighted by atomic mass is 32.2. The maximum atomic E-state index is 13.2. The Kier molecular flexibility index (Phi) is 6.55. The van der Waals surface area contributed by atoms with E-state index in [1.807, 2.05) is 41.8 Å². The third kappa shape index (κ3) is 5.65. The molecular weight excluding hydrogens is 507 g/mol. The van der Waals surface area contributed by atoms with Crippen molar-refractivity contribution in [1.82, 2.24) is 19.5 Å². The predicted molar refractivity (Wildman–Crippen MR) is 149 cm³/mol.